The van der Waals surface area contributed by atoms with Crippen LogP contribution in [0.15, 0.2) is 24.3 Å². The van der Waals surface area contributed by atoms with E-state index in [0.29, 0.717) is 11.7 Å². The van der Waals surface area contributed by atoms with Gasteiger partial charge < -0.3 is 9.47 Å². The highest BCUT2D eigenvalue weighted by molar-refractivity contribution is 5.99. The number of ketones is 1. The first-order valence-electron chi connectivity index (χ1n) is 6.58. The summed E-state index contributed by atoms with van der Waals surface area (Å²) in [5.74, 6) is 0.829. The average Bonchev–Trinajstić information content (AvgIpc) is 3.19. The zero-order valence-corrected chi connectivity index (χ0v) is 11.0. The van der Waals surface area contributed by atoms with Crippen LogP contribution in [0.5, 0.6) is 5.75 Å². The molecule has 1 saturated carbocycles. The van der Waals surface area contributed by atoms with Crippen molar-refractivity contribution in [1.82, 2.24) is 0 Å². The van der Waals surface area contributed by atoms with Crippen molar-refractivity contribution < 1.29 is 14.3 Å². The Balaban J connectivity index is 2.08. The molecule has 1 atom stereocenters. The molecular formula is C15H20O3. The first kappa shape index (κ1) is 13.1. The van der Waals surface area contributed by atoms with Gasteiger partial charge in [-0.25, -0.2) is 0 Å². The van der Waals surface area contributed by atoms with Crippen molar-refractivity contribution in [3.63, 3.8) is 0 Å². The summed E-state index contributed by atoms with van der Waals surface area (Å²) in [4.78, 5) is 12.2. The van der Waals surface area contributed by atoms with E-state index in [1.807, 2.05) is 31.2 Å². The molecule has 1 aliphatic carbocycles. The van der Waals surface area contributed by atoms with Crippen molar-refractivity contribution in [3.05, 3.63) is 29.8 Å². The topological polar surface area (TPSA) is 35.5 Å². The minimum atomic E-state index is -0.342. The van der Waals surface area contributed by atoms with Crippen molar-refractivity contribution in [3.8, 4) is 5.75 Å². The van der Waals surface area contributed by atoms with Gasteiger partial charge >= 0.3 is 0 Å². The number of carbonyl (C=O) groups is 1. The maximum absolute atomic E-state index is 12.2. The van der Waals surface area contributed by atoms with Crippen LogP contribution < -0.4 is 4.74 Å². The molecule has 3 nitrogen and oxygen atoms in total. The summed E-state index contributed by atoms with van der Waals surface area (Å²) < 4.78 is 10.9. The quantitative estimate of drug-likeness (QED) is 0.695. The molecule has 0 radical (unpaired) electrons. The molecule has 2 rings (SSSR count). The molecule has 0 saturated heterocycles. The maximum Gasteiger partial charge on any atom is 0.191 e. The van der Waals surface area contributed by atoms with Gasteiger partial charge in [-0.15, -0.1) is 0 Å². The van der Waals surface area contributed by atoms with Crippen LogP contribution in [0.4, 0.5) is 0 Å². The van der Waals surface area contributed by atoms with Crippen molar-refractivity contribution in [2.24, 2.45) is 0 Å². The summed E-state index contributed by atoms with van der Waals surface area (Å²) in [6, 6.07) is 7.41. The number of methoxy groups -OCH3 is 1. The second-order valence-electron chi connectivity index (χ2n) is 4.72. The van der Waals surface area contributed by atoms with Crippen LogP contribution in [0.25, 0.3) is 0 Å². The van der Waals surface area contributed by atoms with E-state index >= 15 is 0 Å². The highest BCUT2D eigenvalue weighted by Crippen LogP contribution is 2.27. The average molecular weight is 248 g/mol. The molecule has 0 heterocycles. The van der Waals surface area contributed by atoms with Gasteiger partial charge in [0.15, 0.2) is 5.78 Å². The van der Waals surface area contributed by atoms with Crippen LogP contribution in [0.3, 0.4) is 0 Å². The number of benzene rings is 1. The lowest BCUT2D eigenvalue weighted by molar-refractivity contribution is 0.0578. The van der Waals surface area contributed by atoms with Gasteiger partial charge in [-0.1, -0.05) is 25.5 Å². The number of hydrogen-bond donors (Lipinski definition) is 0. The Kier molecular flexibility index (Phi) is 4.37. The third-order valence-corrected chi connectivity index (χ3v) is 3.07. The summed E-state index contributed by atoms with van der Waals surface area (Å²) in [5.41, 5.74) is 0.674. The first-order chi connectivity index (χ1) is 8.74. The Labute approximate surface area is 108 Å². The molecule has 1 aromatic carbocycles. The normalized spacial score (nSPS) is 16.3. The third kappa shape index (κ3) is 3.33. The monoisotopic (exact) mass is 248 g/mol. The minimum absolute atomic E-state index is 0.0422. The smallest absolute Gasteiger partial charge is 0.191 e. The van der Waals surface area contributed by atoms with Gasteiger partial charge in [0.25, 0.3) is 0 Å². The lowest BCUT2D eigenvalue weighted by Gasteiger charge is -2.13. The van der Waals surface area contributed by atoms with E-state index in [2.05, 4.69) is 0 Å². The molecular weight excluding hydrogens is 228 g/mol. The van der Waals surface area contributed by atoms with E-state index in [-0.39, 0.29) is 11.9 Å². The lowest BCUT2D eigenvalue weighted by Crippen LogP contribution is -2.22. The van der Waals surface area contributed by atoms with E-state index in [0.717, 1.165) is 31.4 Å². The number of Topliss-reactive ketones (excluding diaryl/α,β-unsaturated/α-hetero) is 1. The molecule has 98 valence electrons. The molecule has 3 heteroatoms. The van der Waals surface area contributed by atoms with Gasteiger partial charge in [0, 0.05) is 12.7 Å². The number of carbonyl (C=O) groups excluding carboxylic acids is 1. The van der Waals surface area contributed by atoms with Crippen molar-refractivity contribution >= 4 is 5.78 Å². The molecule has 0 bridgehead atoms. The van der Waals surface area contributed by atoms with Gasteiger partial charge in [-0.2, -0.15) is 0 Å². The van der Waals surface area contributed by atoms with Crippen LogP contribution >= 0.6 is 0 Å². The second kappa shape index (κ2) is 6.01. The molecule has 1 unspecified atom stereocenters. The molecule has 0 aromatic heterocycles. The molecule has 1 fully saturated rings. The Morgan fingerprint density at radius 3 is 2.83 bits per heavy atom. The standard InChI is InChI=1S/C15H20O3/c1-3-5-14(17-2)15(16)11-6-4-7-13(10-11)18-12-8-9-12/h4,6-7,10,12,14H,3,5,8-9H2,1-2H3. The summed E-state index contributed by atoms with van der Waals surface area (Å²) in [5, 5.41) is 0. The van der Waals surface area contributed by atoms with Gasteiger partial charge in [0.05, 0.1) is 6.10 Å². The van der Waals surface area contributed by atoms with Gasteiger partial charge in [-0.3, -0.25) is 4.79 Å². The van der Waals surface area contributed by atoms with E-state index in [4.69, 9.17) is 9.47 Å². The molecule has 18 heavy (non-hydrogen) atoms. The van der Waals surface area contributed by atoms with Crippen LogP contribution in [0.1, 0.15) is 43.0 Å². The first-order valence-corrected chi connectivity index (χ1v) is 6.58. The summed E-state index contributed by atoms with van der Waals surface area (Å²) in [7, 11) is 1.59. The summed E-state index contributed by atoms with van der Waals surface area (Å²) in [6.45, 7) is 2.05. The Morgan fingerprint density at radius 1 is 1.44 bits per heavy atom. The van der Waals surface area contributed by atoms with Crippen LogP contribution in [-0.2, 0) is 4.74 Å². The zero-order valence-electron chi connectivity index (χ0n) is 11.0. The molecule has 0 amide bonds. The van der Waals surface area contributed by atoms with Crippen LogP contribution in [0, 0.1) is 0 Å². The van der Waals surface area contributed by atoms with E-state index in [1.54, 1.807) is 7.11 Å². The molecule has 0 N–H and O–H groups in total. The lowest BCUT2D eigenvalue weighted by atomic mass is 10.0. The number of hydrogen-bond acceptors (Lipinski definition) is 3. The van der Waals surface area contributed by atoms with Gasteiger partial charge in [0.2, 0.25) is 0 Å². The van der Waals surface area contributed by atoms with Crippen LogP contribution in [-0.4, -0.2) is 25.1 Å². The summed E-state index contributed by atoms with van der Waals surface area (Å²) >= 11 is 0. The van der Waals surface area contributed by atoms with Crippen molar-refractivity contribution in [2.45, 2.75) is 44.8 Å². The Bertz CT molecular complexity index is 410. The predicted molar refractivity (Wildman–Crippen MR) is 70.1 cm³/mol. The van der Waals surface area contributed by atoms with Crippen molar-refractivity contribution in [1.29, 1.82) is 0 Å². The summed E-state index contributed by atoms with van der Waals surface area (Å²) in [6.07, 6.45) is 3.94. The molecule has 0 spiro atoms. The van der Waals surface area contributed by atoms with Crippen LogP contribution in [0.2, 0.25) is 0 Å². The number of rotatable bonds is 7. The molecule has 1 aliphatic rings. The fourth-order valence-electron chi connectivity index (χ4n) is 1.91. The molecule has 1 aromatic rings. The Hall–Kier alpha value is -1.35. The number of ether oxygens (including phenoxy) is 2. The highest BCUT2D eigenvalue weighted by Gasteiger charge is 2.24. The van der Waals surface area contributed by atoms with Gasteiger partial charge in [0.1, 0.15) is 11.9 Å². The third-order valence-electron chi connectivity index (χ3n) is 3.07. The largest absolute Gasteiger partial charge is 0.490 e. The van der Waals surface area contributed by atoms with E-state index in [9.17, 15) is 4.79 Å². The second-order valence-corrected chi connectivity index (χ2v) is 4.72. The predicted octanol–water partition coefficient (Wildman–Crippen LogP) is 3.23. The van der Waals surface area contributed by atoms with E-state index in [1.165, 1.54) is 0 Å². The highest BCUT2D eigenvalue weighted by atomic mass is 16.5. The fourth-order valence-corrected chi connectivity index (χ4v) is 1.91. The van der Waals surface area contributed by atoms with Gasteiger partial charge in [-0.05, 0) is 31.4 Å². The Morgan fingerprint density at radius 2 is 2.22 bits per heavy atom. The maximum atomic E-state index is 12.2. The SMILES string of the molecule is CCCC(OC)C(=O)c1cccc(OC2CC2)c1. The molecule has 0 aliphatic heterocycles. The van der Waals surface area contributed by atoms with E-state index < -0.39 is 0 Å². The van der Waals surface area contributed by atoms with Crippen molar-refractivity contribution in [2.75, 3.05) is 7.11 Å². The zero-order chi connectivity index (χ0) is 13.0. The minimum Gasteiger partial charge on any atom is -0.490 e. The fraction of sp³-hybridized carbons (Fsp3) is 0.533.